The van der Waals surface area contributed by atoms with E-state index in [1.54, 1.807) is 0 Å². The maximum absolute atomic E-state index is 5.79. The second-order valence-corrected chi connectivity index (χ2v) is 4.74. The van der Waals surface area contributed by atoms with Gasteiger partial charge in [-0.1, -0.05) is 12.8 Å². The summed E-state index contributed by atoms with van der Waals surface area (Å²) in [6, 6.07) is 0.587. The molecule has 3 N–H and O–H groups in total. The third kappa shape index (κ3) is 2.47. The molecular formula is C11H23N3. The average molecular weight is 197 g/mol. The first-order valence-corrected chi connectivity index (χ1v) is 6.05. The molecule has 2 aliphatic rings. The van der Waals surface area contributed by atoms with Gasteiger partial charge in [-0.05, 0) is 18.8 Å². The van der Waals surface area contributed by atoms with Crippen LogP contribution in [0.4, 0.5) is 0 Å². The normalized spacial score (nSPS) is 31.1. The van der Waals surface area contributed by atoms with Crippen molar-refractivity contribution in [3.8, 4) is 0 Å². The largest absolute Gasteiger partial charge is 0.329 e. The maximum atomic E-state index is 5.79. The van der Waals surface area contributed by atoms with Gasteiger partial charge in [-0.2, -0.15) is 0 Å². The summed E-state index contributed by atoms with van der Waals surface area (Å²) in [4.78, 5) is 2.60. The summed E-state index contributed by atoms with van der Waals surface area (Å²) < 4.78 is 0. The van der Waals surface area contributed by atoms with E-state index in [4.69, 9.17) is 5.73 Å². The molecule has 2 fully saturated rings. The molecule has 0 aromatic rings. The zero-order valence-corrected chi connectivity index (χ0v) is 9.04. The van der Waals surface area contributed by atoms with Crippen LogP contribution in [0.15, 0.2) is 0 Å². The summed E-state index contributed by atoms with van der Waals surface area (Å²) in [7, 11) is 0. The Kier molecular flexibility index (Phi) is 3.79. The second-order valence-electron chi connectivity index (χ2n) is 4.74. The van der Waals surface area contributed by atoms with Gasteiger partial charge >= 0.3 is 0 Å². The highest BCUT2D eigenvalue weighted by molar-refractivity contribution is 4.83. The van der Waals surface area contributed by atoms with E-state index in [-0.39, 0.29) is 0 Å². The van der Waals surface area contributed by atoms with Gasteiger partial charge in [0.05, 0.1) is 0 Å². The molecular weight excluding hydrogens is 174 g/mol. The van der Waals surface area contributed by atoms with E-state index in [1.165, 1.54) is 38.8 Å². The summed E-state index contributed by atoms with van der Waals surface area (Å²) in [5, 5.41) is 3.42. The fourth-order valence-electron chi connectivity index (χ4n) is 2.80. The Bertz CT molecular complexity index is 166. The van der Waals surface area contributed by atoms with E-state index in [0.29, 0.717) is 6.04 Å². The number of hydrogen-bond donors (Lipinski definition) is 2. The van der Waals surface area contributed by atoms with Gasteiger partial charge in [0.2, 0.25) is 0 Å². The molecule has 0 aromatic carbocycles. The molecule has 82 valence electrons. The Hall–Kier alpha value is -0.120. The van der Waals surface area contributed by atoms with Crippen LogP contribution in [0.3, 0.4) is 0 Å². The first kappa shape index (κ1) is 10.4. The van der Waals surface area contributed by atoms with Crippen molar-refractivity contribution in [1.82, 2.24) is 10.2 Å². The van der Waals surface area contributed by atoms with Crippen LogP contribution in [0, 0.1) is 5.92 Å². The molecule has 0 radical (unpaired) electrons. The maximum Gasteiger partial charge on any atom is 0.0343 e. The summed E-state index contributed by atoms with van der Waals surface area (Å²) in [6.45, 7) is 5.52. The summed E-state index contributed by atoms with van der Waals surface area (Å²) >= 11 is 0. The minimum absolute atomic E-state index is 0.587. The number of hydrogen-bond acceptors (Lipinski definition) is 3. The molecule has 0 bridgehead atoms. The minimum Gasteiger partial charge on any atom is -0.329 e. The van der Waals surface area contributed by atoms with Gasteiger partial charge in [-0.3, -0.25) is 4.90 Å². The van der Waals surface area contributed by atoms with Crippen molar-refractivity contribution < 1.29 is 0 Å². The van der Waals surface area contributed by atoms with Crippen LogP contribution in [0.1, 0.15) is 25.7 Å². The lowest BCUT2D eigenvalue weighted by Gasteiger charge is -2.37. The quantitative estimate of drug-likeness (QED) is 0.688. The first-order chi connectivity index (χ1) is 6.90. The van der Waals surface area contributed by atoms with Crippen LogP contribution >= 0.6 is 0 Å². The van der Waals surface area contributed by atoms with Crippen molar-refractivity contribution in [1.29, 1.82) is 0 Å². The predicted octanol–water partition coefficient (Wildman–Crippen LogP) is 0.409. The Morgan fingerprint density at radius 2 is 2.07 bits per heavy atom. The Labute approximate surface area is 87.0 Å². The molecule has 1 saturated carbocycles. The fourth-order valence-corrected chi connectivity index (χ4v) is 2.80. The van der Waals surface area contributed by atoms with Crippen LogP contribution in [0.5, 0.6) is 0 Å². The van der Waals surface area contributed by atoms with E-state index >= 15 is 0 Å². The van der Waals surface area contributed by atoms with Crippen molar-refractivity contribution in [2.45, 2.75) is 31.7 Å². The first-order valence-electron chi connectivity index (χ1n) is 6.05. The van der Waals surface area contributed by atoms with Crippen molar-refractivity contribution in [3.63, 3.8) is 0 Å². The van der Waals surface area contributed by atoms with Crippen LogP contribution in [-0.2, 0) is 0 Å². The molecule has 3 nitrogen and oxygen atoms in total. The lowest BCUT2D eigenvalue weighted by atomic mass is 10.1. The molecule has 0 aromatic heterocycles. The van der Waals surface area contributed by atoms with Gasteiger partial charge in [0.25, 0.3) is 0 Å². The molecule has 1 unspecified atom stereocenters. The smallest absolute Gasteiger partial charge is 0.0343 e. The number of nitrogens with two attached hydrogens (primary N) is 1. The Morgan fingerprint density at radius 3 is 2.79 bits per heavy atom. The molecule has 1 saturated heterocycles. The van der Waals surface area contributed by atoms with Crippen molar-refractivity contribution in [2.75, 3.05) is 32.7 Å². The molecule has 1 aliphatic carbocycles. The average Bonchev–Trinajstić information content (AvgIpc) is 2.71. The van der Waals surface area contributed by atoms with Crippen LogP contribution in [0.25, 0.3) is 0 Å². The van der Waals surface area contributed by atoms with Gasteiger partial charge in [-0.25, -0.2) is 0 Å². The fraction of sp³-hybridized carbons (Fsp3) is 1.00. The third-order valence-corrected chi connectivity index (χ3v) is 3.71. The van der Waals surface area contributed by atoms with E-state index in [0.717, 1.165) is 25.6 Å². The summed E-state index contributed by atoms with van der Waals surface area (Å²) in [5.74, 6) is 0.960. The third-order valence-electron chi connectivity index (χ3n) is 3.71. The van der Waals surface area contributed by atoms with Gasteiger partial charge in [-0.15, -0.1) is 0 Å². The van der Waals surface area contributed by atoms with E-state index in [1.807, 2.05) is 0 Å². The minimum atomic E-state index is 0.587. The molecule has 1 atom stereocenters. The van der Waals surface area contributed by atoms with Crippen molar-refractivity contribution in [2.24, 2.45) is 11.7 Å². The molecule has 1 heterocycles. The monoisotopic (exact) mass is 197 g/mol. The van der Waals surface area contributed by atoms with Gasteiger partial charge in [0.1, 0.15) is 0 Å². The lowest BCUT2D eigenvalue weighted by molar-refractivity contribution is 0.142. The second kappa shape index (κ2) is 5.10. The van der Waals surface area contributed by atoms with Crippen LogP contribution in [-0.4, -0.2) is 43.7 Å². The SMILES string of the molecule is NCC1CNCCN1CC1CCCC1. The number of nitrogens with zero attached hydrogens (tertiary/aromatic N) is 1. The number of piperazine rings is 1. The van der Waals surface area contributed by atoms with Crippen molar-refractivity contribution in [3.05, 3.63) is 0 Å². The van der Waals surface area contributed by atoms with Crippen LogP contribution in [0.2, 0.25) is 0 Å². The summed E-state index contributed by atoms with van der Waals surface area (Å²) in [6.07, 6.45) is 5.79. The van der Waals surface area contributed by atoms with Gasteiger partial charge in [0, 0.05) is 38.8 Å². The van der Waals surface area contributed by atoms with E-state index in [2.05, 4.69) is 10.2 Å². The Morgan fingerprint density at radius 1 is 1.29 bits per heavy atom. The molecule has 0 spiro atoms. The highest BCUT2D eigenvalue weighted by atomic mass is 15.2. The topological polar surface area (TPSA) is 41.3 Å². The van der Waals surface area contributed by atoms with Gasteiger partial charge in [0.15, 0.2) is 0 Å². The van der Waals surface area contributed by atoms with Crippen LogP contribution < -0.4 is 11.1 Å². The zero-order valence-electron chi connectivity index (χ0n) is 9.04. The highest BCUT2D eigenvalue weighted by Crippen LogP contribution is 2.26. The standard InChI is InChI=1S/C11H23N3/c12-7-11-8-13-5-6-14(11)9-10-3-1-2-4-10/h10-11,13H,1-9,12H2. The molecule has 1 aliphatic heterocycles. The van der Waals surface area contributed by atoms with Gasteiger partial charge < -0.3 is 11.1 Å². The molecule has 3 heteroatoms. The predicted molar refractivity (Wildman–Crippen MR) is 59.2 cm³/mol. The van der Waals surface area contributed by atoms with Crippen molar-refractivity contribution >= 4 is 0 Å². The molecule has 2 rings (SSSR count). The lowest BCUT2D eigenvalue weighted by Crippen LogP contribution is -2.55. The van der Waals surface area contributed by atoms with E-state index in [9.17, 15) is 0 Å². The summed E-state index contributed by atoms with van der Waals surface area (Å²) in [5.41, 5.74) is 5.79. The molecule has 14 heavy (non-hydrogen) atoms. The molecule has 0 amide bonds. The number of nitrogens with one attached hydrogen (secondary N) is 1. The number of rotatable bonds is 3. The zero-order chi connectivity index (χ0) is 9.80. The Balaban J connectivity index is 1.81. The highest BCUT2D eigenvalue weighted by Gasteiger charge is 2.24. The van der Waals surface area contributed by atoms with E-state index < -0.39 is 0 Å².